The summed E-state index contributed by atoms with van der Waals surface area (Å²) in [4.78, 5) is 38.3. The van der Waals surface area contributed by atoms with E-state index in [0.29, 0.717) is 19.3 Å². The van der Waals surface area contributed by atoms with Crippen molar-refractivity contribution in [2.24, 2.45) is 0 Å². The van der Waals surface area contributed by atoms with Crippen molar-refractivity contribution in [3.05, 3.63) is 48.6 Å². The SMILES string of the molecule is CC/C=C\C/C=C\C/C=C\CCCCCC(=O)OCC(COC(=O)CCCCCCCCCCCCC/C=C\CCCCCCCCCC)OC(=O)CCCCCCCCCCCCCCCCCCCCCCCC. The molecule has 6 nitrogen and oxygen atoms in total. The van der Waals surface area contributed by atoms with Crippen molar-refractivity contribution >= 4 is 17.9 Å². The molecule has 444 valence electrons. The van der Waals surface area contributed by atoms with Gasteiger partial charge in [0, 0.05) is 19.3 Å². The van der Waals surface area contributed by atoms with Crippen LogP contribution in [0.1, 0.15) is 361 Å². The molecule has 0 heterocycles. The molecule has 0 radical (unpaired) electrons. The van der Waals surface area contributed by atoms with Gasteiger partial charge in [0.15, 0.2) is 6.10 Å². The summed E-state index contributed by atoms with van der Waals surface area (Å²) in [6.07, 6.45) is 81.4. The van der Waals surface area contributed by atoms with Crippen molar-refractivity contribution in [2.45, 2.75) is 367 Å². The van der Waals surface area contributed by atoms with Gasteiger partial charge in [-0.05, 0) is 77.0 Å². The lowest BCUT2D eigenvalue weighted by molar-refractivity contribution is -0.167. The van der Waals surface area contributed by atoms with E-state index in [9.17, 15) is 14.4 Å². The summed E-state index contributed by atoms with van der Waals surface area (Å²) in [6.45, 7) is 6.56. The predicted molar refractivity (Wildman–Crippen MR) is 330 cm³/mol. The molecule has 0 amide bonds. The number of esters is 3. The van der Waals surface area contributed by atoms with Crippen LogP contribution in [0, 0.1) is 0 Å². The summed E-state index contributed by atoms with van der Waals surface area (Å²) in [5.41, 5.74) is 0. The molecule has 0 spiro atoms. The Balaban J connectivity index is 4.27. The molecule has 0 aromatic carbocycles. The third-order valence-corrected chi connectivity index (χ3v) is 15.1. The van der Waals surface area contributed by atoms with Gasteiger partial charge in [0.2, 0.25) is 0 Å². The van der Waals surface area contributed by atoms with Crippen LogP contribution >= 0.6 is 0 Å². The first-order valence-corrected chi connectivity index (χ1v) is 33.6. The fourth-order valence-corrected chi connectivity index (χ4v) is 10.0. The predicted octanol–water partition coefficient (Wildman–Crippen LogP) is 22.9. The average molecular weight is 1070 g/mol. The first-order valence-electron chi connectivity index (χ1n) is 33.6. The Bertz CT molecular complexity index is 1310. The Kier molecular flexibility index (Phi) is 62.6. The lowest BCUT2D eigenvalue weighted by atomic mass is 10.0. The van der Waals surface area contributed by atoms with E-state index in [-0.39, 0.29) is 31.1 Å². The van der Waals surface area contributed by atoms with Gasteiger partial charge >= 0.3 is 17.9 Å². The largest absolute Gasteiger partial charge is 0.462 e. The topological polar surface area (TPSA) is 78.9 Å². The van der Waals surface area contributed by atoms with Crippen LogP contribution in [0.25, 0.3) is 0 Å². The number of rotatable bonds is 62. The smallest absolute Gasteiger partial charge is 0.306 e. The van der Waals surface area contributed by atoms with Crippen molar-refractivity contribution in [2.75, 3.05) is 13.2 Å². The lowest BCUT2D eigenvalue weighted by Crippen LogP contribution is -2.30. The molecule has 0 bridgehead atoms. The molecule has 1 unspecified atom stereocenters. The molecule has 76 heavy (non-hydrogen) atoms. The molecule has 0 aliphatic carbocycles. The number of ether oxygens (including phenoxy) is 3. The standard InChI is InChI=1S/C70H128O6/c1-4-7-10-13-16-19-22-25-27-29-31-33-35-37-38-40-42-45-48-51-54-57-60-63-69(72)75-66-67(65-74-68(71)62-59-56-53-50-47-44-24-21-18-15-12-9-6-3)76-70(73)64-61-58-55-52-49-46-43-41-39-36-34-32-30-28-26-23-20-17-14-11-8-5-2/h9,12,18,21,29,31,44,47,67H,4-8,10-11,13-17,19-20,22-28,30,32-43,45-46,48-66H2,1-3H3/b12-9-,21-18-,31-29-,47-44-. The van der Waals surface area contributed by atoms with Crippen molar-refractivity contribution in [3.8, 4) is 0 Å². The number of carbonyl (C=O) groups excluding carboxylic acids is 3. The third kappa shape index (κ3) is 62.2. The van der Waals surface area contributed by atoms with E-state index in [0.717, 1.165) is 83.5 Å². The van der Waals surface area contributed by atoms with Crippen molar-refractivity contribution in [3.63, 3.8) is 0 Å². The van der Waals surface area contributed by atoms with Gasteiger partial charge < -0.3 is 14.2 Å². The highest BCUT2D eigenvalue weighted by Crippen LogP contribution is 2.18. The van der Waals surface area contributed by atoms with Crippen LogP contribution in [0.15, 0.2) is 48.6 Å². The zero-order valence-electron chi connectivity index (χ0n) is 51.0. The molecule has 0 N–H and O–H groups in total. The van der Waals surface area contributed by atoms with E-state index >= 15 is 0 Å². The number of allylic oxidation sites excluding steroid dienone is 8. The second-order valence-corrected chi connectivity index (χ2v) is 22.7. The van der Waals surface area contributed by atoms with Gasteiger partial charge in [0.05, 0.1) is 0 Å². The quantitative estimate of drug-likeness (QED) is 0.0261. The molecule has 0 fully saturated rings. The number of hydrogen-bond donors (Lipinski definition) is 0. The van der Waals surface area contributed by atoms with Crippen molar-refractivity contribution < 1.29 is 28.6 Å². The molecule has 0 aromatic rings. The highest BCUT2D eigenvalue weighted by Gasteiger charge is 2.19. The number of unbranched alkanes of at least 4 members (excludes halogenated alkanes) is 43. The Hall–Kier alpha value is -2.63. The van der Waals surface area contributed by atoms with Gasteiger partial charge in [-0.25, -0.2) is 0 Å². The van der Waals surface area contributed by atoms with E-state index in [4.69, 9.17) is 14.2 Å². The molecular weight excluding hydrogens is 937 g/mol. The minimum Gasteiger partial charge on any atom is -0.462 e. The maximum Gasteiger partial charge on any atom is 0.306 e. The second-order valence-electron chi connectivity index (χ2n) is 22.7. The minimum atomic E-state index is -0.784. The highest BCUT2D eigenvalue weighted by molar-refractivity contribution is 5.71. The Morgan fingerprint density at radius 3 is 0.829 bits per heavy atom. The Morgan fingerprint density at radius 1 is 0.276 bits per heavy atom. The minimum absolute atomic E-state index is 0.0791. The molecule has 0 saturated carbocycles. The Morgan fingerprint density at radius 2 is 0.513 bits per heavy atom. The van der Waals surface area contributed by atoms with Crippen LogP contribution in [0.3, 0.4) is 0 Å². The molecular formula is C70H128O6. The van der Waals surface area contributed by atoms with E-state index in [1.807, 2.05) is 0 Å². The second kappa shape index (κ2) is 64.9. The lowest BCUT2D eigenvalue weighted by Gasteiger charge is -2.18. The van der Waals surface area contributed by atoms with E-state index < -0.39 is 6.10 Å². The van der Waals surface area contributed by atoms with E-state index in [1.54, 1.807) is 0 Å². The fraction of sp³-hybridized carbons (Fsp3) is 0.843. The maximum absolute atomic E-state index is 12.9. The van der Waals surface area contributed by atoms with Gasteiger partial charge in [-0.3, -0.25) is 14.4 Å². The van der Waals surface area contributed by atoms with Crippen LogP contribution in [0.4, 0.5) is 0 Å². The molecule has 0 aromatic heterocycles. The van der Waals surface area contributed by atoms with Gasteiger partial charge in [0.1, 0.15) is 13.2 Å². The monoisotopic (exact) mass is 1060 g/mol. The number of hydrogen-bond acceptors (Lipinski definition) is 6. The zero-order chi connectivity index (χ0) is 55.0. The molecule has 0 aliphatic heterocycles. The van der Waals surface area contributed by atoms with Gasteiger partial charge in [-0.2, -0.15) is 0 Å². The summed E-state index contributed by atoms with van der Waals surface area (Å²) >= 11 is 0. The maximum atomic E-state index is 12.9. The first-order chi connectivity index (χ1) is 37.5. The van der Waals surface area contributed by atoms with E-state index in [2.05, 4.69) is 69.4 Å². The normalized spacial score (nSPS) is 12.3. The molecule has 6 heteroatoms. The van der Waals surface area contributed by atoms with Crippen LogP contribution in [-0.2, 0) is 28.6 Å². The van der Waals surface area contributed by atoms with Crippen LogP contribution < -0.4 is 0 Å². The summed E-state index contributed by atoms with van der Waals surface area (Å²) in [6, 6.07) is 0. The summed E-state index contributed by atoms with van der Waals surface area (Å²) < 4.78 is 16.9. The first kappa shape index (κ1) is 73.4. The van der Waals surface area contributed by atoms with Gasteiger partial charge in [0.25, 0.3) is 0 Å². The third-order valence-electron chi connectivity index (χ3n) is 15.1. The zero-order valence-corrected chi connectivity index (χ0v) is 51.0. The summed E-state index contributed by atoms with van der Waals surface area (Å²) in [5.74, 6) is -0.887. The summed E-state index contributed by atoms with van der Waals surface area (Å²) in [7, 11) is 0. The Labute approximate surface area is 473 Å². The highest BCUT2D eigenvalue weighted by atomic mass is 16.6. The summed E-state index contributed by atoms with van der Waals surface area (Å²) in [5, 5.41) is 0. The molecule has 0 saturated heterocycles. The van der Waals surface area contributed by atoms with Crippen molar-refractivity contribution in [1.29, 1.82) is 0 Å². The average Bonchev–Trinajstić information content (AvgIpc) is 3.42. The van der Waals surface area contributed by atoms with Gasteiger partial charge in [-0.1, -0.05) is 313 Å². The van der Waals surface area contributed by atoms with E-state index in [1.165, 1.54) is 238 Å². The molecule has 0 rings (SSSR count). The number of carbonyl (C=O) groups is 3. The van der Waals surface area contributed by atoms with Gasteiger partial charge in [-0.15, -0.1) is 0 Å². The van der Waals surface area contributed by atoms with Crippen molar-refractivity contribution in [1.82, 2.24) is 0 Å². The van der Waals surface area contributed by atoms with Crippen LogP contribution in [0.5, 0.6) is 0 Å². The fourth-order valence-electron chi connectivity index (χ4n) is 10.0. The molecule has 0 aliphatic rings. The molecule has 1 atom stereocenters. The van der Waals surface area contributed by atoms with Crippen LogP contribution in [-0.4, -0.2) is 37.2 Å². The van der Waals surface area contributed by atoms with Crippen LogP contribution in [0.2, 0.25) is 0 Å².